The zero-order valence-electron chi connectivity index (χ0n) is 12.9. The summed E-state index contributed by atoms with van der Waals surface area (Å²) in [5.41, 5.74) is 0. The third-order valence-electron chi connectivity index (χ3n) is 4.32. The average Bonchev–Trinajstić information content (AvgIpc) is 2.84. The third kappa shape index (κ3) is 5.03. The van der Waals surface area contributed by atoms with Crippen LogP contribution in [-0.4, -0.2) is 74.4 Å². The van der Waals surface area contributed by atoms with Gasteiger partial charge in [-0.3, -0.25) is 4.90 Å². The van der Waals surface area contributed by atoms with E-state index in [1.54, 1.807) is 0 Å². The van der Waals surface area contributed by atoms with Crippen molar-refractivity contribution in [3.8, 4) is 0 Å². The quantitative estimate of drug-likeness (QED) is 0.779. The summed E-state index contributed by atoms with van der Waals surface area (Å²) in [6.45, 7) is 15.7. The highest BCUT2D eigenvalue weighted by molar-refractivity contribution is 4.81. The fourth-order valence-corrected chi connectivity index (χ4v) is 3.11. The monoisotopic (exact) mass is 269 g/mol. The van der Waals surface area contributed by atoms with Gasteiger partial charge in [-0.05, 0) is 32.0 Å². The Bertz CT molecular complexity index is 260. The average molecular weight is 269 g/mol. The molecule has 0 spiro atoms. The molecule has 2 atom stereocenters. The molecule has 2 aliphatic rings. The Morgan fingerprint density at radius 3 is 2.79 bits per heavy atom. The zero-order valence-corrected chi connectivity index (χ0v) is 12.9. The van der Waals surface area contributed by atoms with E-state index in [1.807, 2.05) is 0 Å². The highest BCUT2D eigenvalue weighted by Gasteiger charge is 2.27. The lowest BCUT2D eigenvalue weighted by Gasteiger charge is -2.34. The van der Waals surface area contributed by atoms with Crippen LogP contribution in [0.1, 0.15) is 27.2 Å². The molecule has 0 bridgehead atoms. The molecule has 4 heteroatoms. The van der Waals surface area contributed by atoms with Gasteiger partial charge in [0.05, 0.1) is 12.7 Å². The highest BCUT2D eigenvalue weighted by atomic mass is 16.5. The molecule has 0 amide bonds. The normalized spacial score (nSPS) is 30.3. The summed E-state index contributed by atoms with van der Waals surface area (Å²) >= 11 is 0. The van der Waals surface area contributed by atoms with Crippen LogP contribution in [0, 0.1) is 5.92 Å². The van der Waals surface area contributed by atoms with Gasteiger partial charge in [0.25, 0.3) is 0 Å². The summed E-state index contributed by atoms with van der Waals surface area (Å²) in [7, 11) is 0. The molecule has 0 aromatic carbocycles. The summed E-state index contributed by atoms with van der Waals surface area (Å²) in [5.74, 6) is 0.827. The van der Waals surface area contributed by atoms with E-state index in [0.29, 0.717) is 12.1 Å². The van der Waals surface area contributed by atoms with Crippen LogP contribution in [0.3, 0.4) is 0 Å². The van der Waals surface area contributed by atoms with Crippen molar-refractivity contribution < 1.29 is 4.74 Å². The Morgan fingerprint density at radius 1 is 1.21 bits per heavy atom. The molecule has 1 N–H and O–H groups in total. The Morgan fingerprint density at radius 2 is 2.05 bits per heavy atom. The predicted octanol–water partition coefficient (Wildman–Crippen LogP) is 1.03. The summed E-state index contributed by atoms with van der Waals surface area (Å²) in [6.07, 6.45) is 1.76. The summed E-state index contributed by atoms with van der Waals surface area (Å²) in [6, 6.07) is 0.605. The van der Waals surface area contributed by atoms with E-state index in [-0.39, 0.29) is 0 Å². The van der Waals surface area contributed by atoms with Gasteiger partial charge in [-0.15, -0.1) is 0 Å². The van der Waals surface area contributed by atoms with Gasteiger partial charge in [0.2, 0.25) is 0 Å². The van der Waals surface area contributed by atoms with Crippen molar-refractivity contribution in [1.29, 1.82) is 0 Å². The second-order valence-electron chi connectivity index (χ2n) is 6.36. The van der Waals surface area contributed by atoms with Crippen molar-refractivity contribution in [2.45, 2.75) is 39.3 Å². The van der Waals surface area contributed by atoms with Crippen molar-refractivity contribution >= 4 is 0 Å². The number of rotatable bonds is 6. The lowest BCUT2D eigenvalue weighted by molar-refractivity contribution is -0.0395. The fraction of sp³-hybridized carbons (Fsp3) is 1.00. The Balaban J connectivity index is 1.66. The first-order chi connectivity index (χ1) is 9.17. The second-order valence-corrected chi connectivity index (χ2v) is 6.36. The highest BCUT2D eigenvalue weighted by Crippen LogP contribution is 2.17. The lowest BCUT2D eigenvalue weighted by Crippen LogP contribution is -2.47. The molecule has 2 saturated heterocycles. The standard InChI is InChI=1S/C15H31N3O/c1-4-17-7-8-19-15(11-17)12-18-6-5-14(10-18)9-16-13(2)3/h13-16H,4-12H2,1-3H3. The molecule has 0 aromatic heterocycles. The number of nitrogens with one attached hydrogen (secondary N) is 1. The number of hydrogen-bond acceptors (Lipinski definition) is 4. The van der Waals surface area contributed by atoms with Crippen LogP contribution >= 0.6 is 0 Å². The van der Waals surface area contributed by atoms with Crippen LogP contribution in [-0.2, 0) is 4.74 Å². The number of likely N-dealkylation sites (tertiary alicyclic amines) is 1. The van der Waals surface area contributed by atoms with Crippen molar-refractivity contribution in [3.05, 3.63) is 0 Å². The SMILES string of the molecule is CCN1CCOC(CN2CCC(CNC(C)C)C2)C1. The van der Waals surface area contributed by atoms with Gasteiger partial charge in [-0.25, -0.2) is 0 Å². The Kier molecular flexibility index (Phi) is 6.07. The topological polar surface area (TPSA) is 27.7 Å². The van der Waals surface area contributed by atoms with Gasteiger partial charge in [-0.1, -0.05) is 20.8 Å². The van der Waals surface area contributed by atoms with E-state index in [2.05, 4.69) is 35.9 Å². The van der Waals surface area contributed by atoms with Gasteiger partial charge in [0.15, 0.2) is 0 Å². The maximum absolute atomic E-state index is 5.91. The molecule has 19 heavy (non-hydrogen) atoms. The van der Waals surface area contributed by atoms with Gasteiger partial charge in [0.1, 0.15) is 0 Å². The van der Waals surface area contributed by atoms with E-state index in [9.17, 15) is 0 Å². The minimum atomic E-state index is 0.422. The fourth-order valence-electron chi connectivity index (χ4n) is 3.11. The smallest absolute Gasteiger partial charge is 0.0829 e. The van der Waals surface area contributed by atoms with E-state index in [4.69, 9.17) is 4.74 Å². The van der Waals surface area contributed by atoms with E-state index < -0.39 is 0 Å². The molecule has 0 aliphatic carbocycles. The van der Waals surface area contributed by atoms with Gasteiger partial charge < -0.3 is 15.0 Å². The maximum Gasteiger partial charge on any atom is 0.0829 e. The first-order valence-corrected chi connectivity index (χ1v) is 7.97. The van der Waals surface area contributed by atoms with Gasteiger partial charge in [0, 0.05) is 32.2 Å². The number of likely N-dealkylation sites (N-methyl/N-ethyl adjacent to an activating group) is 1. The number of hydrogen-bond donors (Lipinski definition) is 1. The molecule has 2 rings (SSSR count). The molecule has 0 radical (unpaired) electrons. The zero-order chi connectivity index (χ0) is 13.7. The summed E-state index contributed by atoms with van der Waals surface area (Å²) < 4.78 is 5.91. The van der Waals surface area contributed by atoms with Crippen molar-refractivity contribution in [2.24, 2.45) is 5.92 Å². The minimum absolute atomic E-state index is 0.422. The minimum Gasteiger partial charge on any atom is -0.374 e. The molecule has 0 aromatic rings. The van der Waals surface area contributed by atoms with Crippen LogP contribution in [0.5, 0.6) is 0 Å². The molecule has 4 nitrogen and oxygen atoms in total. The lowest BCUT2D eigenvalue weighted by atomic mass is 10.1. The molecule has 2 unspecified atom stereocenters. The van der Waals surface area contributed by atoms with E-state index >= 15 is 0 Å². The van der Waals surface area contributed by atoms with E-state index in [1.165, 1.54) is 26.1 Å². The van der Waals surface area contributed by atoms with Crippen LogP contribution in [0.25, 0.3) is 0 Å². The molecule has 2 heterocycles. The predicted molar refractivity (Wildman–Crippen MR) is 79.5 cm³/mol. The first kappa shape index (κ1) is 15.2. The summed E-state index contributed by atoms with van der Waals surface area (Å²) in [4.78, 5) is 5.10. The van der Waals surface area contributed by atoms with Gasteiger partial charge >= 0.3 is 0 Å². The molecule has 2 aliphatic heterocycles. The molecule has 0 saturated carbocycles. The summed E-state index contributed by atoms with van der Waals surface area (Å²) in [5, 5.41) is 3.56. The second kappa shape index (κ2) is 7.58. The van der Waals surface area contributed by atoms with Crippen molar-refractivity contribution in [3.63, 3.8) is 0 Å². The van der Waals surface area contributed by atoms with Crippen LogP contribution in [0.15, 0.2) is 0 Å². The number of ether oxygens (including phenoxy) is 1. The Hall–Kier alpha value is -0.160. The van der Waals surface area contributed by atoms with E-state index in [0.717, 1.165) is 38.7 Å². The molecule has 2 fully saturated rings. The molecule has 112 valence electrons. The largest absolute Gasteiger partial charge is 0.374 e. The third-order valence-corrected chi connectivity index (χ3v) is 4.32. The maximum atomic E-state index is 5.91. The van der Waals surface area contributed by atoms with Crippen LogP contribution in [0.2, 0.25) is 0 Å². The number of nitrogens with zero attached hydrogens (tertiary/aromatic N) is 2. The molecular weight excluding hydrogens is 238 g/mol. The first-order valence-electron chi connectivity index (χ1n) is 7.97. The number of morpholine rings is 1. The van der Waals surface area contributed by atoms with Crippen molar-refractivity contribution in [1.82, 2.24) is 15.1 Å². The van der Waals surface area contributed by atoms with Crippen molar-refractivity contribution in [2.75, 3.05) is 52.4 Å². The van der Waals surface area contributed by atoms with Gasteiger partial charge in [-0.2, -0.15) is 0 Å². The van der Waals surface area contributed by atoms with Crippen LogP contribution in [0.4, 0.5) is 0 Å². The van der Waals surface area contributed by atoms with Crippen LogP contribution < -0.4 is 5.32 Å². The molecular formula is C15H31N3O. The Labute approximate surface area is 118 Å².